The van der Waals surface area contributed by atoms with Gasteiger partial charge in [-0.1, -0.05) is 31.2 Å². The van der Waals surface area contributed by atoms with Crippen molar-refractivity contribution in [2.75, 3.05) is 17.2 Å². The van der Waals surface area contributed by atoms with E-state index < -0.39 is 80.0 Å². The van der Waals surface area contributed by atoms with Crippen LogP contribution in [0.15, 0.2) is 42.5 Å². The molecule has 47 heavy (non-hydrogen) atoms. The quantitative estimate of drug-likeness (QED) is 0.183. The number of hydrogen-bond donors (Lipinski definition) is 8. The van der Waals surface area contributed by atoms with E-state index in [9.17, 15) is 44.7 Å². The van der Waals surface area contributed by atoms with Gasteiger partial charge in [-0.05, 0) is 48.8 Å². The highest BCUT2D eigenvalue weighted by Crippen LogP contribution is 2.58. The number of fused-ring (bicyclic) bond motifs is 3. The molecular weight excluding hydrogens is 630 g/mol. The maximum atomic E-state index is 13.9. The Hall–Kier alpha value is -3.25. The van der Waals surface area contributed by atoms with Crippen molar-refractivity contribution >= 4 is 37.4 Å². The van der Waals surface area contributed by atoms with Crippen molar-refractivity contribution in [1.82, 2.24) is 4.90 Å². The van der Waals surface area contributed by atoms with Gasteiger partial charge in [-0.25, -0.2) is 0 Å². The highest BCUT2D eigenvalue weighted by molar-refractivity contribution is 6.71. The molecule has 0 unspecified atom stereocenters. The van der Waals surface area contributed by atoms with Crippen LogP contribution in [0.1, 0.15) is 30.0 Å². The first-order chi connectivity index (χ1) is 22.2. The molecule has 8 N–H and O–H groups in total. The van der Waals surface area contributed by atoms with Gasteiger partial charge >= 0.3 is 0 Å². The highest BCUT2D eigenvalue weighted by Gasteiger charge is 2.65. The van der Waals surface area contributed by atoms with E-state index in [1.165, 1.54) is 12.1 Å². The van der Waals surface area contributed by atoms with Crippen molar-refractivity contribution in [1.29, 1.82) is 0 Å². The molecule has 254 valence electrons. The lowest BCUT2D eigenvalue weighted by molar-refractivity contribution is -0.274. The Morgan fingerprint density at radius 2 is 1.77 bits per heavy atom. The molecule has 6 rings (SSSR count). The fraction of sp³-hybridized carbons (Fsp3) is 0.531. The van der Waals surface area contributed by atoms with Crippen molar-refractivity contribution < 1.29 is 54.2 Å². The number of anilines is 2. The molecule has 0 aliphatic carbocycles. The number of carbonyl (C=O) groups excluding carboxylic acids is 3. The summed E-state index contributed by atoms with van der Waals surface area (Å²) < 4.78 is 11.7. The Balaban J connectivity index is 1.27. The molecule has 4 heterocycles. The maximum absolute atomic E-state index is 13.9. The molecule has 4 aliphatic heterocycles. The minimum absolute atomic E-state index is 0.126. The van der Waals surface area contributed by atoms with Gasteiger partial charge < -0.3 is 55.3 Å². The van der Waals surface area contributed by atoms with Crippen LogP contribution >= 0.6 is 0 Å². The van der Waals surface area contributed by atoms with Gasteiger partial charge in [0.15, 0.2) is 26.3 Å². The summed E-state index contributed by atoms with van der Waals surface area (Å²) in [7, 11) is -3.09. The van der Waals surface area contributed by atoms with E-state index >= 15 is 0 Å². The van der Waals surface area contributed by atoms with Crippen molar-refractivity contribution in [2.24, 2.45) is 5.92 Å². The lowest BCUT2D eigenvalue weighted by Crippen LogP contribution is -2.60. The summed E-state index contributed by atoms with van der Waals surface area (Å²) in [5.41, 5.74) is 0.873. The second-order valence-corrected chi connectivity index (χ2v) is 17.5. The Morgan fingerprint density at radius 3 is 2.45 bits per heavy atom. The molecule has 2 saturated heterocycles. The van der Waals surface area contributed by atoms with Crippen LogP contribution in [0.3, 0.4) is 0 Å². The van der Waals surface area contributed by atoms with Gasteiger partial charge in [-0.2, -0.15) is 0 Å². The average molecular weight is 672 g/mol. The normalized spacial score (nSPS) is 35.0. The summed E-state index contributed by atoms with van der Waals surface area (Å²) in [6, 6.07) is 11.9. The molecule has 2 aromatic carbocycles. The average Bonchev–Trinajstić information content (AvgIpc) is 3.48. The van der Waals surface area contributed by atoms with Gasteiger partial charge in [-0.3, -0.25) is 14.4 Å². The SMILES string of the molecule is C[C@H]1[C@H]([Si](C)(C)O)[C@@H](CC(=O)N2Cc3ccccc3C[C@H]2CO)O[C@]12C(=O)Nc1ccc(NC(=O)[C@H]3O[C@@H](O)[C@H](O)[C@@H](O)[C@@H]3O)cc12. The van der Waals surface area contributed by atoms with Crippen LogP contribution in [0.25, 0.3) is 0 Å². The zero-order valence-corrected chi connectivity index (χ0v) is 27.2. The number of benzene rings is 2. The number of hydrogen-bond acceptors (Lipinski definition) is 11. The summed E-state index contributed by atoms with van der Waals surface area (Å²) in [5.74, 6) is -2.25. The third-order valence-corrected chi connectivity index (χ3v) is 12.6. The number of nitrogens with zero attached hydrogens (tertiary/aromatic N) is 1. The zero-order valence-electron chi connectivity index (χ0n) is 26.2. The predicted octanol–water partition coefficient (Wildman–Crippen LogP) is -0.489. The van der Waals surface area contributed by atoms with Crippen LogP contribution in [0.4, 0.5) is 11.4 Å². The Labute approximate surface area is 272 Å². The lowest BCUT2D eigenvalue weighted by atomic mass is 9.82. The molecule has 14 nitrogen and oxygen atoms in total. The number of carbonyl (C=O) groups is 3. The summed E-state index contributed by atoms with van der Waals surface area (Å²) in [5, 5.41) is 55.5. The van der Waals surface area contributed by atoms with Gasteiger partial charge in [0.25, 0.3) is 11.8 Å². The van der Waals surface area contributed by atoms with Crippen molar-refractivity contribution in [3.8, 4) is 0 Å². The molecule has 0 aromatic heterocycles. The number of amides is 3. The van der Waals surface area contributed by atoms with E-state index in [1.807, 2.05) is 24.3 Å². The van der Waals surface area contributed by atoms with Gasteiger partial charge in [0.05, 0.1) is 25.2 Å². The van der Waals surface area contributed by atoms with Crippen molar-refractivity contribution in [3.05, 3.63) is 59.2 Å². The largest absolute Gasteiger partial charge is 0.432 e. The molecule has 1 spiro atoms. The van der Waals surface area contributed by atoms with E-state index in [4.69, 9.17) is 9.47 Å². The molecule has 3 amide bonds. The Morgan fingerprint density at radius 1 is 1.06 bits per heavy atom. The van der Waals surface area contributed by atoms with Gasteiger partial charge in [-0.15, -0.1) is 0 Å². The highest BCUT2D eigenvalue weighted by atomic mass is 28.4. The van der Waals surface area contributed by atoms with Gasteiger partial charge in [0, 0.05) is 34.9 Å². The molecule has 10 atom stereocenters. The van der Waals surface area contributed by atoms with Gasteiger partial charge in [0.1, 0.15) is 18.3 Å². The van der Waals surface area contributed by atoms with Gasteiger partial charge in [0.2, 0.25) is 5.91 Å². The number of aliphatic hydroxyl groups is 5. The molecule has 4 aliphatic rings. The lowest BCUT2D eigenvalue weighted by Gasteiger charge is -2.37. The summed E-state index contributed by atoms with van der Waals surface area (Å²) in [6.45, 7) is 5.37. The fourth-order valence-electron chi connectivity index (χ4n) is 7.80. The third kappa shape index (κ3) is 5.68. The first kappa shape index (κ1) is 33.6. The van der Waals surface area contributed by atoms with Crippen molar-refractivity contribution in [2.45, 2.75) is 93.4 Å². The van der Waals surface area contributed by atoms with Crippen LogP contribution in [0.2, 0.25) is 18.6 Å². The molecule has 0 saturated carbocycles. The first-order valence-corrected chi connectivity index (χ1v) is 18.7. The van der Waals surface area contributed by atoms with Crippen LogP contribution in [0.5, 0.6) is 0 Å². The summed E-state index contributed by atoms with van der Waals surface area (Å²) in [4.78, 5) is 53.9. The number of aliphatic hydroxyl groups excluding tert-OH is 5. The Bertz CT molecular complexity index is 1570. The standard InChI is InChI=1S/C32H41N3O11Si/c1-15-28(47(2,3)44)22(12-23(37)35-13-17-7-5-4-6-16(17)10-19(35)14-36)46-32(15)20-11-18(8-9-21(20)34-31(32)43)33-29(41)27-25(39)24(38)26(40)30(42)45-27/h4-9,11,15,19,22,24-28,30,36,38-40,42,44H,10,12-14H2,1-3H3,(H,33,41)(H,34,43)/t15-,19-,22+,24-,25-,26+,27-,28-,30+,32+/m0/s1. The van der Waals surface area contributed by atoms with Crippen molar-refractivity contribution in [3.63, 3.8) is 0 Å². The van der Waals surface area contributed by atoms with E-state index in [2.05, 4.69) is 10.6 Å². The maximum Gasteiger partial charge on any atom is 0.261 e. The van der Waals surface area contributed by atoms with E-state index in [0.29, 0.717) is 24.2 Å². The van der Waals surface area contributed by atoms with E-state index in [-0.39, 0.29) is 24.6 Å². The van der Waals surface area contributed by atoms with E-state index in [0.717, 1.165) is 11.1 Å². The zero-order chi connectivity index (χ0) is 34.0. The smallest absolute Gasteiger partial charge is 0.261 e. The van der Waals surface area contributed by atoms with E-state index in [1.54, 1.807) is 31.0 Å². The summed E-state index contributed by atoms with van der Waals surface area (Å²) >= 11 is 0. The molecule has 0 radical (unpaired) electrons. The second-order valence-electron chi connectivity index (χ2n) is 13.5. The second kappa shape index (κ2) is 12.3. The number of nitrogens with one attached hydrogen (secondary N) is 2. The minimum Gasteiger partial charge on any atom is -0.432 e. The molecule has 0 bridgehead atoms. The fourth-order valence-corrected chi connectivity index (χ4v) is 10.4. The molecular formula is C32H41N3O11Si. The molecule has 2 aromatic rings. The van der Waals surface area contributed by atoms with Crippen LogP contribution < -0.4 is 10.6 Å². The monoisotopic (exact) mass is 671 g/mol. The number of ether oxygens (including phenoxy) is 2. The van der Waals surface area contributed by atoms with Crippen LogP contribution in [0, 0.1) is 5.92 Å². The Kier molecular flexibility index (Phi) is 8.82. The predicted molar refractivity (Wildman–Crippen MR) is 168 cm³/mol. The third-order valence-electron chi connectivity index (χ3n) is 10.1. The molecule has 2 fully saturated rings. The number of rotatable bonds is 6. The summed E-state index contributed by atoms with van der Waals surface area (Å²) in [6.07, 6.45) is -9.55. The van der Waals surface area contributed by atoms with Crippen LogP contribution in [-0.2, 0) is 42.4 Å². The first-order valence-electron chi connectivity index (χ1n) is 15.7. The van der Waals surface area contributed by atoms with Crippen LogP contribution in [-0.4, -0.2) is 111 Å². The topological polar surface area (TPSA) is 218 Å². The molecule has 15 heteroatoms. The minimum atomic E-state index is -3.09.